The van der Waals surface area contributed by atoms with Crippen molar-refractivity contribution in [2.75, 3.05) is 23.0 Å². The number of hydrazine groups is 1. The molecule has 1 unspecified atom stereocenters. The summed E-state index contributed by atoms with van der Waals surface area (Å²) in [5.74, 6) is 2.41. The number of aliphatic imine (C=N–C) groups is 1. The number of H-pyrrole nitrogens is 1. The van der Waals surface area contributed by atoms with Gasteiger partial charge >= 0.3 is 0 Å². The fourth-order valence-electron chi connectivity index (χ4n) is 3.04. The molecule has 2 aromatic carbocycles. The van der Waals surface area contributed by atoms with E-state index >= 15 is 0 Å². The maximum Gasteiger partial charge on any atom is 0.249 e. The monoisotopic (exact) mass is 428 g/mol. The topological polar surface area (TPSA) is 153 Å². The predicted molar refractivity (Wildman–Crippen MR) is 121 cm³/mol. The summed E-state index contributed by atoms with van der Waals surface area (Å²) in [6.07, 6.45) is -0.216. The second-order valence-corrected chi connectivity index (χ2v) is 6.74. The third kappa shape index (κ3) is 4.29. The second-order valence-electron chi connectivity index (χ2n) is 6.74. The molecule has 12 nitrogen and oxygen atoms in total. The standard InChI is InChI=1S/C20H20N12/c1-21-16-24-17(27-19-22-14(29-31-19)12-8-4-2-5-9-12)26-18(25-16)28-20-23-15(30-32-20)13-10-6-3-7-11-13/h2-11,14,29H,1H3,(H5,21,22,23,24,25,26,27,28,30,31,32). The van der Waals surface area contributed by atoms with Gasteiger partial charge in [-0.2, -0.15) is 19.9 Å². The van der Waals surface area contributed by atoms with Crippen molar-refractivity contribution in [3.8, 4) is 11.4 Å². The number of hydrogen-bond acceptors (Lipinski definition) is 11. The molecule has 160 valence electrons. The van der Waals surface area contributed by atoms with Crippen LogP contribution in [-0.2, 0) is 0 Å². The molecular formula is C20H20N12. The largest absolute Gasteiger partial charge is 0.357 e. The van der Waals surface area contributed by atoms with Crippen molar-refractivity contribution in [3.63, 3.8) is 0 Å². The lowest BCUT2D eigenvalue weighted by molar-refractivity contribution is 0.574. The van der Waals surface area contributed by atoms with E-state index in [1.807, 2.05) is 60.7 Å². The fraction of sp³-hybridized carbons (Fsp3) is 0.100. The van der Waals surface area contributed by atoms with Gasteiger partial charge in [-0.15, -0.1) is 5.10 Å². The number of hydrogen-bond donors (Lipinski definition) is 6. The van der Waals surface area contributed by atoms with Crippen molar-refractivity contribution in [3.05, 3.63) is 66.2 Å². The summed E-state index contributed by atoms with van der Waals surface area (Å²) in [6, 6.07) is 19.6. The Balaban J connectivity index is 1.33. The van der Waals surface area contributed by atoms with E-state index in [4.69, 9.17) is 0 Å². The minimum absolute atomic E-state index is 0.216. The smallest absolute Gasteiger partial charge is 0.249 e. The number of aromatic nitrogens is 6. The maximum atomic E-state index is 4.57. The first kappa shape index (κ1) is 19.4. The first-order valence-corrected chi connectivity index (χ1v) is 9.87. The number of benzene rings is 2. The SMILES string of the molecule is CNc1nc(NC2=NC(c3ccccc3)NN2)nc(Nc2n[nH]c(-c3ccccc3)n2)n1. The van der Waals surface area contributed by atoms with Gasteiger partial charge < -0.3 is 5.32 Å². The van der Waals surface area contributed by atoms with Crippen molar-refractivity contribution in [1.29, 1.82) is 0 Å². The van der Waals surface area contributed by atoms with Crippen molar-refractivity contribution < 1.29 is 0 Å². The van der Waals surface area contributed by atoms with E-state index in [2.05, 4.69) is 61.9 Å². The zero-order valence-corrected chi connectivity index (χ0v) is 17.0. The van der Waals surface area contributed by atoms with Crippen molar-refractivity contribution >= 4 is 29.8 Å². The highest BCUT2D eigenvalue weighted by Crippen LogP contribution is 2.19. The number of anilines is 4. The van der Waals surface area contributed by atoms with E-state index in [0.717, 1.165) is 11.1 Å². The molecule has 12 heteroatoms. The highest BCUT2D eigenvalue weighted by molar-refractivity contribution is 5.93. The van der Waals surface area contributed by atoms with E-state index in [-0.39, 0.29) is 12.1 Å². The molecule has 5 rings (SSSR count). The van der Waals surface area contributed by atoms with Gasteiger partial charge in [0.2, 0.25) is 29.8 Å². The molecule has 1 aliphatic rings. The van der Waals surface area contributed by atoms with Crippen LogP contribution >= 0.6 is 0 Å². The van der Waals surface area contributed by atoms with Gasteiger partial charge in [0, 0.05) is 12.6 Å². The van der Waals surface area contributed by atoms with Crippen LogP contribution < -0.4 is 26.8 Å². The van der Waals surface area contributed by atoms with E-state index in [1.165, 1.54) is 0 Å². The second kappa shape index (κ2) is 8.65. The molecule has 3 heterocycles. The van der Waals surface area contributed by atoms with Crippen molar-refractivity contribution in [2.45, 2.75) is 6.17 Å². The van der Waals surface area contributed by atoms with Crippen LogP contribution in [0.2, 0.25) is 0 Å². The molecule has 0 amide bonds. The van der Waals surface area contributed by atoms with Crippen LogP contribution in [0, 0.1) is 0 Å². The summed E-state index contributed by atoms with van der Waals surface area (Å²) in [6.45, 7) is 0. The molecule has 0 fully saturated rings. The van der Waals surface area contributed by atoms with Gasteiger partial charge in [-0.25, -0.2) is 10.4 Å². The molecular weight excluding hydrogens is 408 g/mol. The zero-order valence-electron chi connectivity index (χ0n) is 17.0. The van der Waals surface area contributed by atoms with Gasteiger partial charge in [-0.3, -0.25) is 21.2 Å². The van der Waals surface area contributed by atoms with E-state index in [0.29, 0.717) is 29.6 Å². The Hall–Kier alpha value is -4.58. The molecule has 0 spiro atoms. The Morgan fingerprint density at radius 1 is 0.750 bits per heavy atom. The molecule has 0 saturated carbocycles. The van der Waals surface area contributed by atoms with Crippen LogP contribution in [0.4, 0.5) is 23.8 Å². The molecule has 6 N–H and O–H groups in total. The molecule has 0 aliphatic carbocycles. The minimum atomic E-state index is -0.216. The van der Waals surface area contributed by atoms with Gasteiger partial charge in [-0.05, 0) is 5.56 Å². The summed E-state index contributed by atoms with van der Waals surface area (Å²) in [5.41, 5.74) is 8.06. The van der Waals surface area contributed by atoms with Crippen LogP contribution in [0.25, 0.3) is 11.4 Å². The molecule has 2 aromatic heterocycles. The number of nitrogens with zero attached hydrogens (tertiary/aromatic N) is 6. The summed E-state index contributed by atoms with van der Waals surface area (Å²) < 4.78 is 0. The number of guanidine groups is 1. The molecule has 4 aromatic rings. The van der Waals surface area contributed by atoms with E-state index < -0.39 is 0 Å². The van der Waals surface area contributed by atoms with Crippen LogP contribution in [-0.4, -0.2) is 43.1 Å². The van der Waals surface area contributed by atoms with Crippen molar-refractivity contribution in [1.82, 2.24) is 41.0 Å². The van der Waals surface area contributed by atoms with Gasteiger partial charge in [0.05, 0.1) is 0 Å². The number of rotatable bonds is 6. The Bertz CT molecular complexity index is 1220. The van der Waals surface area contributed by atoms with E-state index in [1.54, 1.807) is 7.05 Å². The van der Waals surface area contributed by atoms with Crippen molar-refractivity contribution in [2.24, 2.45) is 4.99 Å². The quantitative estimate of drug-likeness (QED) is 0.269. The van der Waals surface area contributed by atoms with Gasteiger partial charge in [0.15, 0.2) is 5.82 Å². The Morgan fingerprint density at radius 3 is 2.19 bits per heavy atom. The highest BCUT2D eigenvalue weighted by atomic mass is 15.5. The zero-order chi connectivity index (χ0) is 21.8. The fourth-order valence-corrected chi connectivity index (χ4v) is 3.04. The molecule has 0 radical (unpaired) electrons. The van der Waals surface area contributed by atoms with Gasteiger partial charge in [-0.1, -0.05) is 60.7 Å². The van der Waals surface area contributed by atoms with Crippen LogP contribution in [0.5, 0.6) is 0 Å². The summed E-state index contributed by atoms with van der Waals surface area (Å²) in [4.78, 5) is 22.0. The maximum absolute atomic E-state index is 4.57. The average Bonchev–Trinajstić information content (AvgIpc) is 3.50. The third-order valence-electron chi connectivity index (χ3n) is 4.55. The molecule has 32 heavy (non-hydrogen) atoms. The lowest BCUT2D eigenvalue weighted by atomic mass is 10.2. The molecule has 0 bridgehead atoms. The number of aromatic amines is 1. The lowest BCUT2D eigenvalue weighted by Gasteiger charge is -2.08. The van der Waals surface area contributed by atoms with Crippen LogP contribution in [0.3, 0.4) is 0 Å². The normalized spacial score (nSPS) is 15.0. The van der Waals surface area contributed by atoms with Crippen LogP contribution in [0.1, 0.15) is 11.7 Å². The van der Waals surface area contributed by atoms with E-state index in [9.17, 15) is 0 Å². The average molecular weight is 428 g/mol. The molecule has 1 aliphatic heterocycles. The number of nitrogens with one attached hydrogen (secondary N) is 6. The predicted octanol–water partition coefficient (Wildman–Crippen LogP) is 2.02. The van der Waals surface area contributed by atoms with Gasteiger partial charge in [0.1, 0.15) is 6.17 Å². The van der Waals surface area contributed by atoms with Crippen LogP contribution in [0.15, 0.2) is 65.7 Å². The third-order valence-corrected chi connectivity index (χ3v) is 4.55. The first-order valence-electron chi connectivity index (χ1n) is 9.87. The Labute approximate surface area is 183 Å². The Morgan fingerprint density at radius 2 is 1.44 bits per heavy atom. The first-order chi connectivity index (χ1) is 15.8. The highest BCUT2D eigenvalue weighted by Gasteiger charge is 2.19. The minimum Gasteiger partial charge on any atom is -0.357 e. The Kier molecular flexibility index (Phi) is 5.24. The lowest BCUT2D eigenvalue weighted by Crippen LogP contribution is -2.35. The summed E-state index contributed by atoms with van der Waals surface area (Å²) in [5, 5.41) is 16.1. The summed E-state index contributed by atoms with van der Waals surface area (Å²) in [7, 11) is 1.72. The summed E-state index contributed by atoms with van der Waals surface area (Å²) >= 11 is 0. The molecule has 0 saturated heterocycles. The van der Waals surface area contributed by atoms with Gasteiger partial charge in [0.25, 0.3) is 0 Å². The molecule has 1 atom stereocenters.